The number of morpholine rings is 1. The van der Waals surface area contributed by atoms with Crippen LogP contribution in [-0.2, 0) is 14.3 Å². The van der Waals surface area contributed by atoms with Gasteiger partial charge in [-0.1, -0.05) is 23.9 Å². The molecule has 2 fully saturated rings. The number of anilines is 1. The van der Waals surface area contributed by atoms with Gasteiger partial charge in [0.05, 0.1) is 23.0 Å². The lowest BCUT2D eigenvalue weighted by Crippen LogP contribution is -2.49. The summed E-state index contributed by atoms with van der Waals surface area (Å²) in [5, 5.41) is 11.8. The molecule has 0 spiro atoms. The Labute approximate surface area is 208 Å². The van der Waals surface area contributed by atoms with Crippen molar-refractivity contribution < 1.29 is 19.2 Å². The average Bonchev–Trinajstić information content (AvgIpc) is 2.88. The Bertz CT molecular complexity index is 1120. The molecule has 2 saturated heterocycles. The van der Waals surface area contributed by atoms with Crippen LogP contribution < -0.4 is 4.90 Å². The van der Waals surface area contributed by atoms with Gasteiger partial charge in [-0.15, -0.1) is 0 Å². The fourth-order valence-corrected chi connectivity index (χ4v) is 5.03. The number of carbonyl (C=O) groups is 2. The molecule has 4 rings (SSSR count). The average molecular weight is 497 g/mol. The Kier molecular flexibility index (Phi) is 8.04. The number of carbonyl (C=O) groups excluding carboxylic acids is 2. The monoisotopic (exact) mass is 496 g/mol. The molecule has 2 aromatic rings. The quantitative estimate of drug-likeness (QED) is 0.344. The lowest BCUT2D eigenvalue weighted by molar-refractivity contribution is -0.387. The number of hydrogen-bond donors (Lipinski definition) is 0. The summed E-state index contributed by atoms with van der Waals surface area (Å²) in [6, 6.07) is 13.0. The molecule has 0 N–H and O–H groups in total. The third kappa shape index (κ3) is 6.40. The third-order valence-electron chi connectivity index (χ3n) is 6.06. The van der Waals surface area contributed by atoms with E-state index in [0.29, 0.717) is 49.9 Å². The normalized spacial score (nSPS) is 16.5. The highest BCUT2D eigenvalue weighted by atomic mass is 32.2. The first-order valence-corrected chi connectivity index (χ1v) is 12.3. The van der Waals surface area contributed by atoms with Crippen molar-refractivity contribution >= 4 is 41.0 Å². The summed E-state index contributed by atoms with van der Waals surface area (Å²) in [6.45, 7) is 6.51. The van der Waals surface area contributed by atoms with Crippen molar-refractivity contribution in [1.82, 2.24) is 9.80 Å². The second-order valence-electron chi connectivity index (χ2n) is 8.35. The van der Waals surface area contributed by atoms with Gasteiger partial charge in [0, 0.05) is 68.9 Å². The number of benzene rings is 2. The lowest BCUT2D eigenvalue weighted by atomic mass is 10.2. The standard InChI is InChI=1S/C25H28N4O5S/c1-19(30)26-9-11-28(12-10-26)25(31)8-6-20-5-7-24(23(17-20)29(32)33)35-22-4-2-3-21(18-22)27-13-15-34-16-14-27/h2-8,17-18H,9-16H2,1H3. The van der Waals surface area contributed by atoms with Crippen LogP contribution in [0.25, 0.3) is 6.08 Å². The Morgan fingerprint density at radius 3 is 2.40 bits per heavy atom. The Morgan fingerprint density at radius 1 is 1.00 bits per heavy atom. The molecule has 10 heteroatoms. The van der Waals surface area contributed by atoms with Crippen LogP contribution >= 0.6 is 11.8 Å². The van der Waals surface area contributed by atoms with Crippen molar-refractivity contribution in [1.29, 1.82) is 0 Å². The minimum Gasteiger partial charge on any atom is -0.378 e. The van der Waals surface area contributed by atoms with E-state index in [1.54, 1.807) is 28.0 Å². The molecule has 2 heterocycles. The minimum absolute atomic E-state index is 0.00329. The van der Waals surface area contributed by atoms with E-state index >= 15 is 0 Å². The highest BCUT2D eigenvalue weighted by Crippen LogP contribution is 2.37. The molecule has 0 aliphatic carbocycles. The fraction of sp³-hybridized carbons (Fsp3) is 0.360. The van der Waals surface area contributed by atoms with Gasteiger partial charge >= 0.3 is 0 Å². The molecular formula is C25H28N4O5S. The lowest BCUT2D eigenvalue weighted by Gasteiger charge is -2.33. The number of hydrogen-bond acceptors (Lipinski definition) is 7. The first-order valence-electron chi connectivity index (χ1n) is 11.5. The zero-order valence-electron chi connectivity index (χ0n) is 19.6. The maximum Gasteiger partial charge on any atom is 0.283 e. The van der Waals surface area contributed by atoms with Crippen LogP contribution in [0.1, 0.15) is 12.5 Å². The predicted molar refractivity (Wildman–Crippen MR) is 135 cm³/mol. The molecule has 0 bridgehead atoms. The van der Waals surface area contributed by atoms with Gasteiger partial charge in [-0.05, 0) is 35.9 Å². The molecule has 2 aromatic carbocycles. The van der Waals surface area contributed by atoms with Crippen molar-refractivity contribution in [3.05, 3.63) is 64.2 Å². The van der Waals surface area contributed by atoms with Gasteiger partial charge in [0.25, 0.3) is 5.69 Å². The maximum absolute atomic E-state index is 12.5. The molecule has 0 saturated carbocycles. The SMILES string of the molecule is CC(=O)N1CCN(C(=O)C=Cc2ccc(Sc3cccc(N4CCOCC4)c3)c([N+](=O)[O-])c2)CC1. The molecule has 0 unspecified atom stereocenters. The largest absolute Gasteiger partial charge is 0.378 e. The molecule has 0 atom stereocenters. The molecule has 0 radical (unpaired) electrons. The van der Waals surface area contributed by atoms with Crippen LogP contribution in [0, 0.1) is 10.1 Å². The van der Waals surface area contributed by atoms with Gasteiger partial charge in [-0.2, -0.15) is 0 Å². The molecular weight excluding hydrogens is 468 g/mol. The highest BCUT2D eigenvalue weighted by Gasteiger charge is 2.21. The molecule has 184 valence electrons. The van der Waals surface area contributed by atoms with Crippen molar-refractivity contribution in [2.24, 2.45) is 0 Å². The smallest absolute Gasteiger partial charge is 0.283 e. The highest BCUT2D eigenvalue weighted by molar-refractivity contribution is 7.99. The number of piperazine rings is 1. The van der Waals surface area contributed by atoms with Crippen LogP contribution in [0.5, 0.6) is 0 Å². The summed E-state index contributed by atoms with van der Waals surface area (Å²) in [5.74, 6) is -0.167. The van der Waals surface area contributed by atoms with Gasteiger partial charge in [0.2, 0.25) is 11.8 Å². The number of rotatable bonds is 6. The summed E-state index contributed by atoms with van der Waals surface area (Å²) in [6.07, 6.45) is 3.03. The van der Waals surface area contributed by atoms with E-state index in [9.17, 15) is 19.7 Å². The number of ether oxygens (including phenoxy) is 1. The summed E-state index contributed by atoms with van der Waals surface area (Å²) in [5.41, 5.74) is 1.65. The van der Waals surface area contributed by atoms with Crippen molar-refractivity contribution in [2.75, 3.05) is 57.4 Å². The summed E-state index contributed by atoms with van der Waals surface area (Å²) in [4.78, 5) is 42.5. The zero-order valence-corrected chi connectivity index (χ0v) is 20.4. The second-order valence-corrected chi connectivity index (χ2v) is 9.46. The number of nitrogens with zero attached hydrogens (tertiary/aromatic N) is 4. The van der Waals surface area contributed by atoms with Crippen LogP contribution in [0.4, 0.5) is 11.4 Å². The van der Waals surface area contributed by atoms with E-state index in [1.807, 2.05) is 24.3 Å². The molecule has 9 nitrogen and oxygen atoms in total. The molecule has 2 aliphatic rings. The Hall–Kier alpha value is -3.37. The zero-order chi connectivity index (χ0) is 24.8. The summed E-state index contributed by atoms with van der Waals surface area (Å²) < 4.78 is 5.42. The fourth-order valence-electron chi connectivity index (χ4n) is 4.07. The summed E-state index contributed by atoms with van der Waals surface area (Å²) in [7, 11) is 0. The van der Waals surface area contributed by atoms with E-state index in [1.165, 1.54) is 30.8 Å². The van der Waals surface area contributed by atoms with Gasteiger partial charge in [-0.3, -0.25) is 19.7 Å². The number of nitro benzene ring substituents is 1. The van der Waals surface area contributed by atoms with Crippen molar-refractivity contribution in [2.45, 2.75) is 16.7 Å². The van der Waals surface area contributed by atoms with Crippen LogP contribution in [0.15, 0.2) is 58.3 Å². The molecule has 0 aromatic heterocycles. The minimum atomic E-state index is -0.395. The predicted octanol–water partition coefficient (Wildman–Crippen LogP) is 3.29. The van der Waals surface area contributed by atoms with Gasteiger partial charge in [-0.25, -0.2) is 0 Å². The van der Waals surface area contributed by atoms with Crippen LogP contribution in [0.3, 0.4) is 0 Å². The second kappa shape index (κ2) is 11.4. The van der Waals surface area contributed by atoms with E-state index in [4.69, 9.17) is 4.74 Å². The number of amides is 2. The first kappa shape index (κ1) is 24.7. The van der Waals surface area contributed by atoms with Gasteiger partial charge in [0.15, 0.2) is 0 Å². The van der Waals surface area contributed by atoms with E-state index in [2.05, 4.69) is 4.90 Å². The van der Waals surface area contributed by atoms with Crippen LogP contribution in [0.2, 0.25) is 0 Å². The summed E-state index contributed by atoms with van der Waals surface area (Å²) >= 11 is 1.35. The van der Waals surface area contributed by atoms with E-state index in [0.717, 1.165) is 23.7 Å². The molecule has 2 amide bonds. The third-order valence-corrected chi connectivity index (χ3v) is 7.11. The van der Waals surface area contributed by atoms with Crippen LogP contribution in [-0.4, -0.2) is 79.0 Å². The van der Waals surface area contributed by atoms with Gasteiger partial charge in [0.1, 0.15) is 0 Å². The Morgan fingerprint density at radius 2 is 1.71 bits per heavy atom. The maximum atomic E-state index is 12.5. The molecule has 35 heavy (non-hydrogen) atoms. The van der Waals surface area contributed by atoms with E-state index in [-0.39, 0.29) is 17.5 Å². The van der Waals surface area contributed by atoms with Crippen molar-refractivity contribution in [3.63, 3.8) is 0 Å². The van der Waals surface area contributed by atoms with Gasteiger partial charge < -0.3 is 19.4 Å². The topological polar surface area (TPSA) is 96.2 Å². The number of nitro groups is 1. The molecule has 2 aliphatic heterocycles. The first-order chi connectivity index (χ1) is 16.9. The van der Waals surface area contributed by atoms with Crippen molar-refractivity contribution in [3.8, 4) is 0 Å². The Balaban J connectivity index is 1.44. The van der Waals surface area contributed by atoms with E-state index < -0.39 is 4.92 Å².